The Morgan fingerprint density at radius 2 is 2.06 bits per heavy atom. The van der Waals surface area contributed by atoms with Crippen LogP contribution in [0.5, 0.6) is 5.75 Å². The molecule has 0 radical (unpaired) electrons. The summed E-state index contributed by atoms with van der Waals surface area (Å²) in [7, 11) is 3.45. The number of benzene rings is 1. The molecule has 0 fully saturated rings. The van der Waals surface area contributed by atoms with E-state index in [1.54, 1.807) is 14.2 Å². The Kier molecular flexibility index (Phi) is 6.01. The van der Waals surface area contributed by atoms with Crippen molar-refractivity contribution in [3.05, 3.63) is 29.3 Å². The lowest BCUT2D eigenvalue weighted by molar-refractivity contribution is 0.193. The van der Waals surface area contributed by atoms with E-state index in [4.69, 9.17) is 9.47 Å². The van der Waals surface area contributed by atoms with E-state index in [-0.39, 0.29) is 0 Å². The van der Waals surface area contributed by atoms with Crippen LogP contribution in [0.1, 0.15) is 30.5 Å². The standard InChI is InChI=1S/C14H23NO2/c1-11-6-7-13(14(10-11)17-4)12(2)15-8-5-9-16-3/h6-7,10,12,15H,5,8-9H2,1-4H3. The predicted molar refractivity (Wildman–Crippen MR) is 70.6 cm³/mol. The third-order valence-electron chi connectivity index (χ3n) is 2.83. The van der Waals surface area contributed by atoms with Gasteiger partial charge in [-0.3, -0.25) is 0 Å². The molecule has 1 aromatic carbocycles. The molecule has 3 nitrogen and oxygen atoms in total. The Labute approximate surface area is 104 Å². The topological polar surface area (TPSA) is 30.5 Å². The number of nitrogens with one attached hydrogen (secondary N) is 1. The highest BCUT2D eigenvalue weighted by Gasteiger charge is 2.10. The van der Waals surface area contributed by atoms with Crippen molar-refractivity contribution in [1.82, 2.24) is 5.32 Å². The fourth-order valence-electron chi connectivity index (χ4n) is 1.82. The third-order valence-corrected chi connectivity index (χ3v) is 2.83. The average Bonchev–Trinajstić information content (AvgIpc) is 2.34. The second-order valence-electron chi connectivity index (χ2n) is 4.27. The maximum Gasteiger partial charge on any atom is 0.123 e. The number of methoxy groups -OCH3 is 2. The summed E-state index contributed by atoms with van der Waals surface area (Å²) in [5, 5.41) is 3.47. The summed E-state index contributed by atoms with van der Waals surface area (Å²) in [5.74, 6) is 0.955. The fraction of sp³-hybridized carbons (Fsp3) is 0.571. The van der Waals surface area contributed by atoms with Crippen molar-refractivity contribution in [1.29, 1.82) is 0 Å². The van der Waals surface area contributed by atoms with E-state index < -0.39 is 0 Å². The normalized spacial score (nSPS) is 12.5. The zero-order chi connectivity index (χ0) is 12.7. The van der Waals surface area contributed by atoms with E-state index in [1.807, 2.05) is 0 Å². The van der Waals surface area contributed by atoms with E-state index in [0.29, 0.717) is 6.04 Å². The van der Waals surface area contributed by atoms with Crippen LogP contribution >= 0.6 is 0 Å². The monoisotopic (exact) mass is 237 g/mol. The molecule has 0 aliphatic carbocycles. The first kappa shape index (κ1) is 14.0. The Balaban J connectivity index is 2.58. The predicted octanol–water partition coefficient (Wildman–Crippen LogP) is 2.69. The molecule has 96 valence electrons. The smallest absolute Gasteiger partial charge is 0.123 e. The molecule has 0 spiro atoms. The first-order valence-electron chi connectivity index (χ1n) is 6.06. The lowest BCUT2D eigenvalue weighted by Gasteiger charge is -2.17. The average molecular weight is 237 g/mol. The van der Waals surface area contributed by atoms with E-state index >= 15 is 0 Å². The molecule has 0 heterocycles. The van der Waals surface area contributed by atoms with Crippen molar-refractivity contribution < 1.29 is 9.47 Å². The maximum atomic E-state index is 5.41. The third kappa shape index (κ3) is 4.36. The molecular weight excluding hydrogens is 214 g/mol. The van der Waals surface area contributed by atoms with Gasteiger partial charge in [0.25, 0.3) is 0 Å². The first-order valence-corrected chi connectivity index (χ1v) is 6.06. The van der Waals surface area contributed by atoms with Crippen LogP contribution in [0, 0.1) is 6.92 Å². The van der Waals surface area contributed by atoms with Crippen LogP contribution in [0.15, 0.2) is 18.2 Å². The SMILES string of the molecule is COCCCNC(C)c1ccc(C)cc1OC. The van der Waals surface area contributed by atoms with Gasteiger partial charge in [-0.2, -0.15) is 0 Å². The lowest BCUT2D eigenvalue weighted by Crippen LogP contribution is -2.21. The molecular formula is C14H23NO2. The summed E-state index contributed by atoms with van der Waals surface area (Å²) in [6.07, 6.45) is 1.02. The van der Waals surface area contributed by atoms with E-state index in [0.717, 1.165) is 25.3 Å². The van der Waals surface area contributed by atoms with Crippen LogP contribution in [-0.4, -0.2) is 27.4 Å². The Bertz CT molecular complexity index is 339. The highest BCUT2D eigenvalue weighted by molar-refractivity contribution is 5.38. The molecule has 0 amide bonds. The Hall–Kier alpha value is -1.06. The van der Waals surface area contributed by atoms with Gasteiger partial charge in [-0.05, 0) is 38.4 Å². The van der Waals surface area contributed by atoms with Gasteiger partial charge >= 0.3 is 0 Å². The summed E-state index contributed by atoms with van der Waals surface area (Å²) in [6.45, 7) is 5.97. The number of aryl methyl sites for hydroxylation is 1. The molecule has 3 heteroatoms. The zero-order valence-corrected chi connectivity index (χ0v) is 11.2. The van der Waals surface area contributed by atoms with Gasteiger partial charge in [-0.1, -0.05) is 12.1 Å². The van der Waals surface area contributed by atoms with Crippen molar-refractivity contribution in [2.24, 2.45) is 0 Å². The second kappa shape index (κ2) is 7.30. The molecule has 1 unspecified atom stereocenters. The summed E-state index contributed by atoms with van der Waals surface area (Å²) >= 11 is 0. The van der Waals surface area contributed by atoms with Crippen LogP contribution < -0.4 is 10.1 Å². The van der Waals surface area contributed by atoms with Gasteiger partial charge in [-0.25, -0.2) is 0 Å². The Morgan fingerprint density at radius 3 is 2.71 bits per heavy atom. The summed E-state index contributed by atoms with van der Waals surface area (Å²) < 4.78 is 10.4. The summed E-state index contributed by atoms with van der Waals surface area (Å²) in [6, 6.07) is 6.61. The highest BCUT2D eigenvalue weighted by Crippen LogP contribution is 2.25. The van der Waals surface area contributed by atoms with E-state index in [1.165, 1.54) is 11.1 Å². The zero-order valence-electron chi connectivity index (χ0n) is 11.2. The molecule has 1 atom stereocenters. The van der Waals surface area contributed by atoms with E-state index in [2.05, 4.69) is 37.4 Å². The number of hydrogen-bond acceptors (Lipinski definition) is 3. The largest absolute Gasteiger partial charge is 0.496 e. The lowest BCUT2D eigenvalue weighted by atomic mass is 10.0. The van der Waals surface area contributed by atoms with Crippen molar-refractivity contribution in [2.75, 3.05) is 27.4 Å². The van der Waals surface area contributed by atoms with Crippen LogP contribution in [0.25, 0.3) is 0 Å². The summed E-state index contributed by atoms with van der Waals surface area (Å²) in [4.78, 5) is 0. The molecule has 17 heavy (non-hydrogen) atoms. The minimum atomic E-state index is 0.294. The maximum absolute atomic E-state index is 5.41. The van der Waals surface area contributed by atoms with Gasteiger partial charge in [0.05, 0.1) is 7.11 Å². The molecule has 0 saturated carbocycles. The quantitative estimate of drug-likeness (QED) is 0.740. The van der Waals surface area contributed by atoms with Gasteiger partial charge in [0.1, 0.15) is 5.75 Å². The van der Waals surface area contributed by atoms with Gasteiger partial charge < -0.3 is 14.8 Å². The van der Waals surface area contributed by atoms with Gasteiger partial charge in [0.2, 0.25) is 0 Å². The molecule has 0 aliphatic heterocycles. The minimum Gasteiger partial charge on any atom is -0.496 e. The van der Waals surface area contributed by atoms with Crippen LogP contribution in [-0.2, 0) is 4.74 Å². The number of rotatable bonds is 7. The van der Waals surface area contributed by atoms with Crippen molar-refractivity contribution in [3.8, 4) is 5.75 Å². The number of ether oxygens (including phenoxy) is 2. The molecule has 1 aromatic rings. The minimum absolute atomic E-state index is 0.294. The molecule has 1 N–H and O–H groups in total. The Morgan fingerprint density at radius 1 is 1.29 bits per heavy atom. The highest BCUT2D eigenvalue weighted by atomic mass is 16.5. The van der Waals surface area contributed by atoms with Gasteiger partial charge in [0, 0.05) is 25.3 Å². The summed E-state index contributed by atoms with van der Waals surface area (Å²) in [5.41, 5.74) is 2.42. The van der Waals surface area contributed by atoms with Crippen molar-refractivity contribution in [2.45, 2.75) is 26.3 Å². The molecule has 0 bridgehead atoms. The van der Waals surface area contributed by atoms with E-state index in [9.17, 15) is 0 Å². The van der Waals surface area contributed by atoms with Gasteiger partial charge in [0.15, 0.2) is 0 Å². The first-order chi connectivity index (χ1) is 8.19. The van der Waals surface area contributed by atoms with Crippen LogP contribution in [0.3, 0.4) is 0 Å². The molecule has 0 saturated heterocycles. The number of hydrogen-bond donors (Lipinski definition) is 1. The van der Waals surface area contributed by atoms with Crippen molar-refractivity contribution in [3.63, 3.8) is 0 Å². The molecule has 0 aromatic heterocycles. The molecule has 1 rings (SSSR count). The van der Waals surface area contributed by atoms with Crippen LogP contribution in [0.4, 0.5) is 0 Å². The van der Waals surface area contributed by atoms with Crippen LogP contribution in [0.2, 0.25) is 0 Å². The van der Waals surface area contributed by atoms with Gasteiger partial charge in [-0.15, -0.1) is 0 Å². The fourth-order valence-corrected chi connectivity index (χ4v) is 1.82. The molecule has 0 aliphatic rings. The van der Waals surface area contributed by atoms with Crippen molar-refractivity contribution >= 4 is 0 Å². The second-order valence-corrected chi connectivity index (χ2v) is 4.27.